The van der Waals surface area contributed by atoms with Crippen molar-refractivity contribution in [3.05, 3.63) is 53.0 Å². The third kappa shape index (κ3) is 2.67. The SMILES string of the molecule is O=S(=O)(Nc1ccnc(Cl)c1)c1c(Cl)nc2ccccn12. The minimum absolute atomic E-state index is 0.103. The second kappa shape index (κ2) is 5.18. The van der Waals surface area contributed by atoms with Gasteiger partial charge in [0.05, 0.1) is 5.69 Å². The summed E-state index contributed by atoms with van der Waals surface area (Å²) in [5.74, 6) is 0. The van der Waals surface area contributed by atoms with Gasteiger partial charge in [-0.1, -0.05) is 29.3 Å². The quantitative estimate of drug-likeness (QED) is 0.742. The largest absolute Gasteiger partial charge is 0.288 e. The number of sulfonamides is 1. The van der Waals surface area contributed by atoms with E-state index >= 15 is 0 Å². The number of pyridine rings is 2. The molecule has 0 aliphatic heterocycles. The van der Waals surface area contributed by atoms with Crippen molar-refractivity contribution >= 4 is 44.6 Å². The Morgan fingerprint density at radius 2 is 2.00 bits per heavy atom. The van der Waals surface area contributed by atoms with Crippen LogP contribution >= 0.6 is 23.2 Å². The molecule has 1 N–H and O–H groups in total. The molecular formula is C12H8Cl2N4O2S. The fraction of sp³-hybridized carbons (Fsp3) is 0. The number of nitrogens with one attached hydrogen (secondary N) is 1. The summed E-state index contributed by atoms with van der Waals surface area (Å²) >= 11 is 11.7. The maximum absolute atomic E-state index is 12.5. The summed E-state index contributed by atoms with van der Waals surface area (Å²) in [7, 11) is -3.91. The van der Waals surface area contributed by atoms with Gasteiger partial charge in [0.1, 0.15) is 10.8 Å². The van der Waals surface area contributed by atoms with Crippen LogP contribution in [0.4, 0.5) is 5.69 Å². The van der Waals surface area contributed by atoms with E-state index in [1.807, 2.05) is 0 Å². The highest BCUT2D eigenvalue weighted by Gasteiger charge is 2.24. The molecule has 0 aliphatic carbocycles. The molecule has 0 saturated heterocycles. The summed E-state index contributed by atoms with van der Waals surface area (Å²) in [6.07, 6.45) is 2.97. The van der Waals surface area contributed by atoms with Gasteiger partial charge in [-0.2, -0.15) is 8.42 Å². The molecule has 108 valence electrons. The van der Waals surface area contributed by atoms with E-state index in [0.29, 0.717) is 5.65 Å². The van der Waals surface area contributed by atoms with Crippen LogP contribution in [0, 0.1) is 0 Å². The standard InChI is InChI=1S/C12H8Cl2N4O2S/c13-9-7-8(4-5-15-9)17-21(19,20)12-11(14)16-10-3-1-2-6-18(10)12/h1-7H,(H,15,17). The van der Waals surface area contributed by atoms with Crippen LogP contribution in [0.15, 0.2) is 47.8 Å². The van der Waals surface area contributed by atoms with Crippen molar-refractivity contribution in [1.82, 2.24) is 14.4 Å². The first kappa shape index (κ1) is 14.1. The van der Waals surface area contributed by atoms with E-state index in [-0.39, 0.29) is 21.0 Å². The lowest BCUT2D eigenvalue weighted by Crippen LogP contribution is -2.15. The molecule has 3 aromatic rings. The van der Waals surface area contributed by atoms with Gasteiger partial charge in [-0.25, -0.2) is 9.97 Å². The van der Waals surface area contributed by atoms with Gasteiger partial charge in [-0.3, -0.25) is 9.12 Å². The third-order valence-electron chi connectivity index (χ3n) is 2.68. The van der Waals surface area contributed by atoms with Crippen LogP contribution in [0.5, 0.6) is 0 Å². The van der Waals surface area contributed by atoms with Crippen molar-refractivity contribution < 1.29 is 8.42 Å². The van der Waals surface area contributed by atoms with Crippen molar-refractivity contribution in [1.29, 1.82) is 0 Å². The predicted molar refractivity (Wildman–Crippen MR) is 80.3 cm³/mol. The maximum Gasteiger partial charge on any atom is 0.281 e. The zero-order chi connectivity index (χ0) is 15.0. The van der Waals surface area contributed by atoms with Crippen molar-refractivity contribution in [3.8, 4) is 0 Å². The number of hydrogen-bond donors (Lipinski definition) is 1. The number of hydrogen-bond acceptors (Lipinski definition) is 4. The van der Waals surface area contributed by atoms with Crippen LogP contribution in [0.2, 0.25) is 10.3 Å². The van der Waals surface area contributed by atoms with Gasteiger partial charge in [-0.05, 0) is 24.3 Å². The van der Waals surface area contributed by atoms with Crippen LogP contribution in [0.3, 0.4) is 0 Å². The summed E-state index contributed by atoms with van der Waals surface area (Å²) in [6.45, 7) is 0. The molecule has 0 bridgehead atoms. The molecule has 3 heterocycles. The number of imidazole rings is 1. The Labute approximate surface area is 130 Å². The molecule has 0 radical (unpaired) electrons. The van der Waals surface area contributed by atoms with Gasteiger partial charge in [0, 0.05) is 12.4 Å². The number of halogens is 2. The Bertz CT molecular complexity index is 924. The van der Waals surface area contributed by atoms with Gasteiger partial charge in [0.15, 0.2) is 10.2 Å². The maximum atomic E-state index is 12.5. The number of rotatable bonds is 3. The average molecular weight is 343 g/mol. The number of fused-ring (bicyclic) bond motifs is 1. The highest BCUT2D eigenvalue weighted by molar-refractivity contribution is 7.92. The van der Waals surface area contributed by atoms with E-state index in [9.17, 15) is 8.42 Å². The fourth-order valence-electron chi connectivity index (χ4n) is 1.85. The highest BCUT2D eigenvalue weighted by atomic mass is 35.5. The number of anilines is 1. The van der Waals surface area contributed by atoms with Crippen LogP contribution in [-0.2, 0) is 10.0 Å². The van der Waals surface area contributed by atoms with E-state index in [1.54, 1.807) is 24.4 Å². The zero-order valence-electron chi connectivity index (χ0n) is 10.4. The molecule has 0 aromatic carbocycles. The van der Waals surface area contributed by atoms with E-state index in [1.165, 1.54) is 22.7 Å². The second-order valence-corrected chi connectivity index (χ2v) is 6.45. The Balaban J connectivity index is 2.10. The average Bonchev–Trinajstić information content (AvgIpc) is 2.74. The van der Waals surface area contributed by atoms with E-state index in [4.69, 9.17) is 23.2 Å². The first-order valence-electron chi connectivity index (χ1n) is 5.74. The molecule has 0 amide bonds. The van der Waals surface area contributed by atoms with Crippen molar-refractivity contribution in [3.63, 3.8) is 0 Å². The van der Waals surface area contributed by atoms with Gasteiger partial charge < -0.3 is 0 Å². The molecule has 0 spiro atoms. The van der Waals surface area contributed by atoms with Gasteiger partial charge in [0.25, 0.3) is 10.0 Å². The summed E-state index contributed by atoms with van der Waals surface area (Å²) in [6, 6.07) is 7.98. The van der Waals surface area contributed by atoms with Crippen LogP contribution in [0.25, 0.3) is 5.65 Å². The minimum Gasteiger partial charge on any atom is -0.288 e. The topological polar surface area (TPSA) is 76.4 Å². The normalized spacial score (nSPS) is 11.7. The Kier molecular flexibility index (Phi) is 3.48. The fourth-order valence-corrected chi connectivity index (χ4v) is 3.73. The smallest absolute Gasteiger partial charge is 0.281 e. The molecule has 21 heavy (non-hydrogen) atoms. The highest BCUT2D eigenvalue weighted by Crippen LogP contribution is 2.25. The molecule has 3 aromatic heterocycles. The lowest BCUT2D eigenvalue weighted by atomic mass is 10.4. The molecule has 3 rings (SSSR count). The van der Waals surface area contributed by atoms with E-state index < -0.39 is 10.0 Å². The lowest BCUT2D eigenvalue weighted by Gasteiger charge is -2.08. The third-order valence-corrected chi connectivity index (χ3v) is 4.67. The molecular weight excluding hydrogens is 335 g/mol. The molecule has 0 aliphatic rings. The first-order valence-corrected chi connectivity index (χ1v) is 7.98. The minimum atomic E-state index is -3.91. The lowest BCUT2D eigenvalue weighted by molar-refractivity contribution is 0.596. The summed E-state index contributed by atoms with van der Waals surface area (Å²) in [5.41, 5.74) is 0.729. The molecule has 0 atom stereocenters. The van der Waals surface area contributed by atoms with Crippen molar-refractivity contribution in [2.24, 2.45) is 0 Å². The van der Waals surface area contributed by atoms with Crippen LogP contribution < -0.4 is 4.72 Å². The predicted octanol–water partition coefficient (Wildman–Crippen LogP) is 2.84. The Morgan fingerprint density at radius 3 is 2.76 bits per heavy atom. The second-order valence-electron chi connectivity index (χ2n) is 4.11. The molecule has 9 heteroatoms. The van der Waals surface area contributed by atoms with E-state index in [2.05, 4.69) is 14.7 Å². The number of nitrogens with zero attached hydrogens (tertiary/aromatic N) is 3. The van der Waals surface area contributed by atoms with Gasteiger partial charge >= 0.3 is 0 Å². The van der Waals surface area contributed by atoms with Crippen molar-refractivity contribution in [2.75, 3.05) is 4.72 Å². The van der Waals surface area contributed by atoms with Crippen molar-refractivity contribution in [2.45, 2.75) is 5.03 Å². The van der Waals surface area contributed by atoms with Gasteiger partial charge in [0.2, 0.25) is 0 Å². The van der Waals surface area contributed by atoms with Crippen LogP contribution in [-0.4, -0.2) is 22.8 Å². The molecule has 0 unspecified atom stereocenters. The number of aromatic nitrogens is 3. The molecule has 0 fully saturated rings. The molecule has 6 nitrogen and oxygen atoms in total. The zero-order valence-corrected chi connectivity index (χ0v) is 12.7. The summed E-state index contributed by atoms with van der Waals surface area (Å²) in [4.78, 5) is 7.80. The summed E-state index contributed by atoms with van der Waals surface area (Å²) < 4.78 is 28.8. The first-order chi connectivity index (χ1) is 9.97. The Hall–Kier alpha value is -1.83. The van der Waals surface area contributed by atoms with Gasteiger partial charge in [-0.15, -0.1) is 0 Å². The molecule has 0 saturated carbocycles. The Morgan fingerprint density at radius 1 is 1.19 bits per heavy atom. The summed E-state index contributed by atoms with van der Waals surface area (Å²) in [5, 5.41) is -0.0546. The van der Waals surface area contributed by atoms with Crippen LogP contribution in [0.1, 0.15) is 0 Å². The monoisotopic (exact) mass is 342 g/mol. The van der Waals surface area contributed by atoms with E-state index in [0.717, 1.165) is 0 Å².